The molecule has 35 heavy (non-hydrogen) atoms. The highest BCUT2D eigenvalue weighted by Gasteiger charge is 2.37. The van der Waals surface area contributed by atoms with E-state index in [9.17, 15) is 4.79 Å². The summed E-state index contributed by atoms with van der Waals surface area (Å²) in [5.41, 5.74) is 5.45. The average Bonchev–Trinajstić information content (AvgIpc) is 2.91. The van der Waals surface area contributed by atoms with Crippen molar-refractivity contribution in [3.8, 4) is 5.75 Å². The zero-order chi connectivity index (χ0) is 24.2. The predicted molar refractivity (Wildman–Crippen MR) is 144 cm³/mol. The van der Waals surface area contributed by atoms with E-state index in [-0.39, 0.29) is 17.9 Å². The number of halogens is 1. The van der Waals surface area contributed by atoms with Crippen LogP contribution in [0, 0.1) is 0 Å². The zero-order valence-corrected chi connectivity index (χ0v) is 21.2. The smallest absolute Gasteiger partial charge is 0.232 e. The molecule has 1 N–H and O–H groups in total. The van der Waals surface area contributed by atoms with E-state index >= 15 is 0 Å². The second kappa shape index (κ2) is 10.5. The van der Waals surface area contributed by atoms with E-state index in [1.807, 2.05) is 78.9 Å². The summed E-state index contributed by atoms with van der Waals surface area (Å²) >= 11 is 3.75. The van der Waals surface area contributed by atoms with Crippen LogP contribution in [-0.4, -0.2) is 13.0 Å². The van der Waals surface area contributed by atoms with E-state index in [1.165, 1.54) is 11.1 Å². The Bertz CT molecular complexity index is 1250. The maximum atomic E-state index is 14.1. The van der Waals surface area contributed by atoms with Gasteiger partial charge < -0.3 is 10.1 Å². The molecule has 0 fully saturated rings. The van der Waals surface area contributed by atoms with Crippen LogP contribution in [0.15, 0.2) is 108 Å². The van der Waals surface area contributed by atoms with Crippen LogP contribution in [0.25, 0.3) is 0 Å². The lowest BCUT2D eigenvalue weighted by atomic mass is 9.75. The Balaban J connectivity index is 1.60. The first-order valence-corrected chi connectivity index (χ1v) is 12.8. The molecule has 0 spiro atoms. The molecule has 0 bridgehead atoms. The lowest BCUT2D eigenvalue weighted by Gasteiger charge is -2.37. The van der Waals surface area contributed by atoms with Crippen molar-refractivity contribution in [1.29, 1.82) is 0 Å². The van der Waals surface area contributed by atoms with Crippen molar-refractivity contribution in [1.82, 2.24) is 5.32 Å². The van der Waals surface area contributed by atoms with E-state index in [1.54, 1.807) is 7.11 Å². The molecule has 0 aromatic heterocycles. The van der Waals surface area contributed by atoms with Gasteiger partial charge in [-0.3, -0.25) is 4.79 Å². The summed E-state index contributed by atoms with van der Waals surface area (Å²) in [4.78, 5) is 14.1. The maximum absolute atomic E-state index is 14.1. The molecule has 2 atom stereocenters. The molecule has 5 rings (SSSR count). The molecule has 1 aliphatic rings. The Morgan fingerprint density at radius 2 is 1.43 bits per heavy atom. The first-order valence-electron chi connectivity index (χ1n) is 12.0. The van der Waals surface area contributed by atoms with Crippen LogP contribution in [0.4, 0.5) is 0 Å². The first-order chi connectivity index (χ1) is 17.2. The minimum absolute atomic E-state index is 0.0109. The van der Waals surface area contributed by atoms with Gasteiger partial charge in [-0.15, -0.1) is 0 Å². The van der Waals surface area contributed by atoms with Gasteiger partial charge in [-0.2, -0.15) is 0 Å². The molecule has 0 saturated carbocycles. The Labute approximate surface area is 215 Å². The SMILES string of the molecule is COc1ccc(Br)c2c1[C@H](NC(=O)C(c1ccccc1)c1ccccc1)[C@H](c1ccccc1)CC2. The van der Waals surface area contributed by atoms with Gasteiger partial charge in [0, 0.05) is 16.0 Å². The van der Waals surface area contributed by atoms with E-state index in [0.29, 0.717) is 0 Å². The van der Waals surface area contributed by atoms with Crippen LogP contribution < -0.4 is 10.1 Å². The molecule has 0 unspecified atom stereocenters. The number of carbonyl (C=O) groups is 1. The Hall–Kier alpha value is -3.37. The average molecular weight is 526 g/mol. The van der Waals surface area contributed by atoms with Crippen LogP contribution in [0.3, 0.4) is 0 Å². The summed E-state index contributed by atoms with van der Waals surface area (Å²) in [5, 5.41) is 3.48. The molecule has 176 valence electrons. The van der Waals surface area contributed by atoms with Crippen LogP contribution >= 0.6 is 15.9 Å². The number of fused-ring (bicyclic) bond motifs is 1. The molecule has 3 nitrogen and oxygen atoms in total. The second-order valence-electron chi connectivity index (χ2n) is 8.94. The normalized spacial score (nSPS) is 17.0. The van der Waals surface area contributed by atoms with Crippen molar-refractivity contribution in [2.75, 3.05) is 7.11 Å². The molecule has 4 aromatic rings. The predicted octanol–water partition coefficient (Wildman–Crippen LogP) is 7.18. The van der Waals surface area contributed by atoms with Crippen molar-refractivity contribution in [2.45, 2.75) is 30.7 Å². The third kappa shape index (κ3) is 4.76. The molecule has 0 radical (unpaired) electrons. The van der Waals surface area contributed by atoms with Crippen molar-refractivity contribution in [3.05, 3.63) is 135 Å². The molecular formula is C31H28BrNO2. The number of hydrogen-bond donors (Lipinski definition) is 1. The van der Waals surface area contributed by atoms with Gasteiger partial charge in [0.2, 0.25) is 5.91 Å². The number of methoxy groups -OCH3 is 1. The molecular weight excluding hydrogens is 498 g/mol. The van der Waals surface area contributed by atoms with Gasteiger partial charge in [0.05, 0.1) is 19.1 Å². The number of ether oxygens (including phenoxy) is 1. The fourth-order valence-corrected chi connectivity index (χ4v) is 5.86. The van der Waals surface area contributed by atoms with E-state index < -0.39 is 5.92 Å². The van der Waals surface area contributed by atoms with Crippen molar-refractivity contribution in [2.24, 2.45) is 0 Å². The summed E-state index contributed by atoms with van der Waals surface area (Å²) in [6, 6.07) is 34.3. The van der Waals surface area contributed by atoms with Crippen molar-refractivity contribution in [3.63, 3.8) is 0 Å². The fraction of sp³-hybridized carbons (Fsp3) is 0.194. The molecule has 4 heteroatoms. The summed E-state index contributed by atoms with van der Waals surface area (Å²) in [6.07, 6.45) is 1.86. The summed E-state index contributed by atoms with van der Waals surface area (Å²) in [6.45, 7) is 0. The number of hydrogen-bond acceptors (Lipinski definition) is 2. The van der Waals surface area contributed by atoms with Gasteiger partial charge in [-0.25, -0.2) is 0 Å². The van der Waals surface area contributed by atoms with Gasteiger partial charge in [-0.05, 0) is 47.2 Å². The number of nitrogens with one attached hydrogen (secondary N) is 1. The van der Waals surface area contributed by atoms with Crippen LogP contribution in [0.5, 0.6) is 5.75 Å². The molecule has 1 aliphatic carbocycles. The zero-order valence-electron chi connectivity index (χ0n) is 19.7. The Morgan fingerprint density at radius 3 is 2.00 bits per heavy atom. The highest BCUT2D eigenvalue weighted by Crippen LogP contribution is 2.47. The van der Waals surface area contributed by atoms with E-state index in [4.69, 9.17) is 4.74 Å². The van der Waals surface area contributed by atoms with E-state index in [0.717, 1.165) is 39.8 Å². The molecule has 1 amide bonds. The fourth-order valence-electron chi connectivity index (χ4n) is 5.31. The van der Waals surface area contributed by atoms with Gasteiger partial charge in [0.25, 0.3) is 0 Å². The van der Waals surface area contributed by atoms with E-state index in [2.05, 4.69) is 45.5 Å². The standard InChI is InChI=1S/C31H28BrNO2/c1-35-27-20-19-26(32)25-18-17-24(21-11-5-2-6-12-21)30(29(25)27)33-31(34)28(22-13-7-3-8-14-22)23-15-9-4-10-16-23/h2-16,19-20,24,28,30H,17-18H2,1H3,(H,33,34)/t24-,30+/m0/s1. The largest absolute Gasteiger partial charge is 0.496 e. The van der Waals surface area contributed by atoms with Crippen molar-refractivity contribution >= 4 is 21.8 Å². The topological polar surface area (TPSA) is 38.3 Å². The lowest BCUT2D eigenvalue weighted by molar-refractivity contribution is -0.122. The van der Waals surface area contributed by atoms with Gasteiger partial charge in [0.15, 0.2) is 0 Å². The lowest BCUT2D eigenvalue weighted by Crippen LogP contribution is -2.39. The highest BCUT2D eigenvalue weighted by atomic mass is 79.9. The Morgan fingerprint density at radius 1 is 0.857 bits per heavy atom. The summed E-state index contributed by atoms with van der Waals surface area (Å²) in [7, 11) is 1.70. The number of benzene rings is 4. The third-order valence-electron chi connectivity index (χ3n) is 6.95. The summed E-state index contributed by atoms with van der Waals surface area (Å²) < 4.78 is 6.88. The highest BCUT2D eigenvalue weighted by molar-refractivity contribution is 9.10. The number of rotatable bonds is 6. The van der Waals surface area contributed by atoms with Crippen LogP contribution in [0.2, 0.25) is 0 Å². The molecule has 4 aromatic carbocycles. The quantitative estimate of drug-likeness (QED) is 0.289. The van der Waals surface area contributed by atoms with Crippen LogP contribution in [-0.2, 0) is 11.2 Å². The third-order valence-corrected chi connectivity index (χ3v) is 7.69. The minimum atomic E-state index is -0.405. The molecule has 0 aliphatic heterocycles. The second-order valence-corrected chi connectivity index (χ2v) is 9.79. The minimum Gasteiger partial charge on any atom is -0.496 e. The first kappa shape index (κ1) is 23.4. The molecule has 0 heterocycles. The number of amides is 1. The van der Waals surface area contributed by atoms with Gasteiger partial charge >= 0.3 is 0 Å². The van der Waals surface area contributed by atoms with Crippen LogP contribution in [0.1, 0.15) is 52.1 Å². The molecule has 0 saturated heterocycles. The Kier molecular flexibility index (Phi) is 7.01. The van der Waals surface area contributed by atoms with Gasteiger partial charge in [0.1, 0.15) is 5.75 Å². The van der Waals surface area contributed by atoms with Crippen molar-refractivity contribution < 1.29 is 9.53 Å². The summed E-state index contributed by atoms with van der Waals surface area (Å²) in [5.74, 6) is 0.536. The number of carbonyl (C=O) groups excluding carboxylic acids is 1. The monoisotopic (exact) mass is 525 g/mol. The maximum Gasteiger partial charge on any atom is 0.232 e. The van der Waals surface area contributed by atoms with Gasteiger partial charge in [-0.1, -0.05) is 107 Å².